The fourth-order valence-electron chi connectivity index (χ4n) is 1.73. The van der Waals surface area contributed by atoms with E-state index in [-0.39, 0.29) is 11.2 Å². The van der Waals surface area contributed by atoms with Crippen molar-refractivity contribution in [3.05, 3.63) is 24.3 Å². The van der Waals surface area contributed by atoms with E-state index >= 15 is 0 Å². The SMILES string of the molecule is CCNc1nnc(S[C@H](C)C(=O)Nc2ccc(OCC)cc2)s1. The first-order valence-electron chi connectivity index (χ1n) is 7.40. The predicted molar refractivity (Wildman–Crippen MR) is 95.6 cm³/mol. The summed E-state index contributed by atoms with van der Waals surface area (Å²) in [5.41, 5.74) is 0.747. The number of nitrogens with one attached hydrogen (secondary N) is 2. The van der Waals surface area contributed by atoms with E-state index in [1.807, 2.05) is 45.0 Å². The maximum atomic E-state index is 12.2. The predicted octanol–water partition coefficient (Wildman–Crippen LogP) is 3.49. The van der Waals surface area contributed by atoms with Crippen LogP contribution in [0.3, 0.4) is 0 Å². The molecule has 2 rings (SSSR count). The van der Waals surface area contributed by atoms with Gasteiger partial charge in [-0.25, -0.2) is 0 Å². The molecule has 2 N–H and O–H groups in total. The number of amides is 1. The molecule has 1 aromatic carbocycles. The Kier molecular flexibility index (Phi) is 6.66. The summed E-state index contributed by atoms with van der Waals surface area (Å²) in [5, 5.41) is 14.6. The topological polar surface area (TPSA) is 76.1 Å². The summed E-state index contributed by atoms with van der Waals surface area (Å²) in [6.07, 6.45) is 0. The highest BCUT2D eigenvalue weighted by molar-refractivity contribution is 8.02. The molecule has 0 bridgehead atoms. The zero-order valence-corrected chi connectivity index (χ0v) is 15.0. The van der Waals surface area contributed by atoms with Gasteiger partial charge in [-0.3, -0.25) is 4.79 Å². The molecule has 0 unspecified atom stereocenters. The van der Waals surface area contributed by atoms with Crippen LogP contribution in [0.4, 0.5) is 10.8 Å². The first-order valence-corrected chi connectivity index (χ1v) is 9.09. The molecule has 0 aliphatic rings. The second kappa shape index (κ2) is 8.73. The molecule has 23 heavy (non-hydrogen) atoms. The largest absolute Gasteiger partial charge is 0.494 e. The van der Waals surface area contributed by atoms with Crippen molar-refractivity contribution in [1.82, 2.24) is 10.2 Å². The smallest absolute Gasteiger partial charge is 0.237 e. The number of anilines is 2. The molecule has 0 aliphatic carbocycles. The quantitative estimate of drug-likeness (QED) is 0.708. The highest BCUT2D eigenvalue weighted by Gasteiger charge is 2.17. The lowest BCUT2D eigenvalue weighted by Crippen LogP contribution is -2.22. The number of hydrogen-bond donors (Lipinski definition) is 2. The molecule has 124 valence electrons. The summed E-state index contributed by atoms with van der Waals surface area (Å²) in [6.45, 7) is 7.21. The molecule has 1 amide bonds. The summed E-state index contributed by atoms with van der Waals surface area (Å²) in [6, 6.07) is 7.33. The molecule has 2 aromatic rings. The fourth-order valence-corrected chi connectivity index (χ4v) is 3.69. The second-order valence-electron chi connectivity index (χ2n) is 4.61. The van der Waals surface area contributed by atoms with Gasteiger partial charge in [0, 0.05) is 12.2 Å². The Hall–Kier alpha value is -1.80. The third-order valence-corrected chi connectivity index (χ3v) is 4.88. The molecule has 0 fully saturated rings. The van der Waals surface area contributed by atoms with Crippen molar-refractivity contribution in [2.24, 2.45) is 0 Å². The number of benzene rings is 1. The lowest BCUT2D eigenvalue weighted by molar-refractivity contribution is -0.115. The van der Waals surface area contributed by atoms with Gasteiger partial charge in [-0.15, -0.1) is 10.2 Å². The number of aromatic nitrogens is 2. The number of carbonyl (C=O) groups excluding carboxylic acids is 1. The maximum absolute atomic E-state index is 12.2. The lowest BCUT2D eigenvalue weighted by Gasteiger charge is -2.11. The van der Waals surface area contributed by atoms with Crippen molar-refractivity contribution in [3.63, 3.8) is 0 Å². The monoisotopic (exact) mass is 352 g/mol. The number of carbonyl (C=O) groups is 1. The van der Waals surface area contributed by atoms with Gasteiger partial charge in [-0.2, -0.15) is 0 Å². The molecule has 0 saturated carbocycles. The van der Waals surface area contributed by atoms with E-state index in [0.717, 1.165) is 27.5 Å². The maximum Gasteiger partial charge on any atom is 0.237 e. The molecule has 1 aromatic heterocycles. The van der Waals surface area contributed by atoms with E-state index in [2.05, 4.69) is 20.8 Å². The number of thioether (sulfide) groups is 1. The normalized spacial score (nSPS) is 11.8. The third kappa shape index (κ3) is 5.40. The van der Waals surface area contributed by atoms with Crippen molar-refractivity contribution in [3.8, 4) is 5.75 Å². The van der Waals surface area contributed by atoms with Crippen LogP contribution in [0.1, 0.15) is 20.8 Å². The van der Waals surface area contributed by atoms with E-state index in [4.69, 9.17) is 4.74 Å². The highest BCUT2D eigenvalue weighted by atomic mass is 32.2. The molecular weight excluding hydrogens is 332 g/mol. The van der Waals surface area contributed by atoms with E-state index in [1.54, 1.807) is 0 Å². The number of ether oxygens (including phenoxy) is 1. The molecule has 1 heterocycles. The molecule has 0 radical (unpaired) electrons. The van der Waals surface area contributed by atoms with Crippen LogP contribution < -0.4 is 15.4 Å². The van der Waals surface area contributed by atoms with E-state index in [1.165, 1.54) is 23.1 Å². The van der Waals surface area contributed by atoms with E-state index < -0.39 is 0 Å². The average molecular weight is 352 g/mol. The first kappa shape index (κ1) is 17.6. The van der Waals surface area contributed by atoms with Crippen molar-refractivity contribution >= 4 is 39.8 Å². The Labute approximate surface area is 144 Å². The van der Waals surface area contributed by atoms with Crippen LogP contribution in [0.5, 0.6) is 5.75 Å². The minimum absolute atomic E-state index is 0.0700. The summed E-state index contributed by atoms with van der Waals surface area (Å²) >= 11 is 2.85. The molecule has 8 heteroatoms. The number of rotatable bonds is 8. The van der Waals surface area contributed by atoms with E-state index in [0.29, 0.717) is 6.61 Å². The lowest BCUT2D eigenvalue weighted by atomic mass is 10.3. The van der Waals surface area contributed by atoms with Crippen molar-refractivity contribution in [2.75, 3.05) is 23.8 Å². The van der Waals surface area contributed by atoms with Gasteiger partial charge in [0.15, 0.2) is 4.34 Å². The van der Waals surface area contributed by atoms with Gasteiger partial charge in [0.05, 0.1) is 11.9 Å². The van der Waals surface area contributed by atoms with Crippen molar-refractivity contribution in [2.45, 2.75) is 30.4 Å². The molecule has 0 aliphatic heterocycles. The van der Waals surface area contributed by atoms with Gasteiger partial charge in [0.2, 0.25) is 11.0 Å². The van der Waals surface area contributed by atoms with Gasteiger partial charge in [-0.1, -0.05) is 23.1 Å². The van der Waals surface area contributed by atoms with Crippen LogP contribution >= 0.6 is 23.1 Å². The minimum Gasteiger partial charge on any atom is -0.494 e. The zero-order chi connectivity index (χ0) is 16.7. The minimum atomic E-state index is -0.260. The van der Waals surface area contributed by atoms with Gasteiger partial charge in [-0.05, 0) is 45.0 Å². The standard InChI is InChI=1S/C15H20N4O2S2/c1-4-16-14-18-19-15(23-14)22-10(3)13(20)17-11-6-8-12(9-7-11)21-5-2/h6-10H,4-5H2,1-3H3,(H,16,18)(H,17,20)/t10-/m1/s1. The summed E-state index contributed by atoms with van der Waals surface area (Å²) < 4.78 is 6.15. The fraction of sp³-hybridized carbons (Fsp3) is 0.400. The number of nitrogens with zero attached hydrogens (tertiary/aromatic N) is 2. The molecular formula is C15H20N4O2S2. The Morgan fingerprint density at radius 3 is 2.70 bits per heavy atom. The Bertz CT molecular complexity index is 631. The zero-order valence-electron chi connectivity index (χ0n) is 13.3. The van der Waals surface area contributed by atoms with Crippen LogP contribution in [-0.2, 0) is 4.79 Å². The Morgan fingerprint density at radius 2 is 2.04 bits per heavy atom. The highest BCUT2D eigenvalue weighted by Crippen LogP contribution is 2.29. The van der Waals surface area contributed by atoms with E-state index in [9.17, 15) is 4.79 Å². The van der Waals surface area contributed by atoms with Gasteiger partial charge >= 0.3 is 0 Å². The van der Waals surface area contributed by atoms with Crippen LogP contribution in [0.2, 0.25) is 0 Å². The molecule has 1 atom stereocenters. The van der Waals surface area contributed by atoms with Crippen LogP contribution in [0.25, 0.3) is 0 Å². The van der Waals surface area contributed by atoms with Crippen LogP contribution in [-0.4, -0.2) is 34.5 Å². The second-order valence-corrected chi connectivity index (χ2v) is 7.18. The average Bonchev–Trinajstić information content (AvgIpc) is 2.97. The van der Waals surface area contributed by atoms with Crippen LogP contribution in [0.15, 0.2) is 28.6 Å². The Balaban J connectivity index is 1.88. The van der Waals surface area contributed by atoms with Crippen LogP contribution in [0, 0.1) is 0 Å². The molecule has 0 spiro atoms. The van der Waals surface area contributed by atoms with Crippen molar-refractivity contribution < 1.29 is 9.53 Å². The molecule has 0 saturated heterocycles. The molecule has 6 nitrogen and oxygen atoms in total. The summed E-state index contributed by atoms with van der Waals surface area (Å²) in [7, 11) is 0. The van der Waals surface area contributed by atoms with Gasteiger partial charge < -0.3 is 15.4 Å². The summed E-state index contributed by atoms with van der Waals surface area (Å²) in [4.78, 5) is 12.2. The Morgan fingerprint density at radius 1 is 1.30 bits per heavy atom. The van der Waals surface area contributed by atoms with Gasteiger partial charge in [0.25, 0.3) is 0 Å². The van der Waals surface area contributed by atoms with Gasteiger partial charge in [0.1, 0.15) is 5.75 Å². The first-order chi connectivity index (χ1) is 11.1. The number of hydrogen-bond acceptors (Lipinski definition) is 7. The third-order valence-electron chi connectivity index (χ3n) is 2.81. The van der Waals surface area contributed by atoms with Crippen molar-refractivity contribution in [1.29, 1.82) is 0 Å². The summed E-state index contributed by atoms with van der Waals surface area (Å²) in [5.74, 6) is 0.720.